The van der Waals surface area contributed by atoms with Crippen LogP contribution in [0.2, 0.25) is 0 Å². The van der Waals surface area contributed by atoms with E-state index in [4.69, 9.17) is 9.47 Å². The van der Waals surface area contributed by atoms with Gasteiger partial charge in [0.15, 0.2) is 6.10 Å². The van der Waals surface area contributed by atoms with E-state index >= 15 is 0 Å². The van der Waals surface area contributed by atoms with E-state index in [1.807, 2.05) is 19.1 Å². The third-order valence-corrected chi connectivity index (χ3v) is 5.29. The van der Waals surface area contributed by atoms with Gasteiger partial charge in [-0.25, -0.2) is 0 Å². The van der Waals surface area contributed by atoms with Crippen LogP contribution in [0.4, 0.5) is 24.5 Å². The van der Waals surface area contributed by atoms with Crippen LogP contribution in [0.3, 0.4) is 0 Å². The van der Waals surface area contributed by atoms with E-state index in [0.717, 1.165) is 24.7 Å². The van der Waals surface area contributed by atoms with Crippen molar-refractivity contribution >= 4 is 42.1 Å². The molecule has 0 bridgehead atoms. The second-order valence-corrected chi connectivity index (χ2v) is 7.92. The number of fused-ring (bicyclic) bond motifs is 1. The molecule has 2 aliphatic heterocycles. The Bertz CT molecular complexity index is 1120. The number of carbonyl (C=O) groups is 1. The lowest BCUT2D eigenvalue weighted by Crippen LogP contribution is -2.41. The van der Waals surface area contributed by atoms with E-state index in [-0.39, 0.29) is 42.9 Å². The van der Waals surface area contributed by atoms with Crippen molar-refractivity contribution in [3.8, 4) is 23.3 Å². The molecule has 2 aromatic rings. The molecule has 36 heavy (non-hydrogen) atoms. The number of ether oxygens (including phenoxy) is 3. The summed E-state index contributed by atoms with van der Waals surface area (Å²) in [5.41, 5.74) is 2.58. The van der Waals surface area contributed by atoms with Crippen LogP contribution in [-0.2, 0) is 9.53 Å². The van der Waals surface area contributed by atoms with Crippen molar-refractivity contribution in [1.82, 2.24) is 4.90 Å². The Morgan fingerprint density at radius 2 is 1.94 bits per heavy atom. The lowest BCUT2D eigenvalue weighted by atomic mass is 10.1. The number of alkyl halides is 3. The average molecular weight is 548 g/mol. The van der Waals surface area contributed by atoms with Gasteiger partial charge in [0.25, 0.3) is 5.91 Å². The molecule has 2 N–H and O–H groups in total. The fourth-order valence-corrected chi connectivity index (χ4v) is 3.58. The lowest BCUT2D eigenvalue weighted by Gasteiger charge is -2.27. The number of benzene rings is 2. The number of amides is 1. The summed E-state index contributed by atoms with van der Waals surface area (Å²) in [5, 5.41) is 5.78. The first-order valence-corrected chi connectivity index (χ1v) is 10.8. The van der Waals surface area contributed by atoms with Gasteiger partial charge in [-0.05, 0) is 36.8 Å². The van der Waals surface area contributed by atoms with Crippen molar-refractivity contribution in [3.63, 3.8) is 0 Å². The van der Waals surface area contributed by atoms with E-state index in [2.05, 4.69) is 32.1 Å². The maximum Gasteiger partial charge on any atom is 0.573 e. The molecule has 0 aromatic heterocycles. The number of carbonyl (C=O) groups excluding carboxylic acids is 1. The Kier molecular flexibility index (Phi) is 10.5. The summed E-state index contributed by atoms with van der Waals surface area (Å²) in [4.78, 5) is 15.1. The first-order valence-electron chi connectivity index (χ1n) is 10.8. The maximum atomic E-state index is 12.9. The van der Waals surface area contributed by atoms with E-state index in [9.17, 15) is 18.0 Å². The molecule has 196 valence electrons. The van der Waals surface area contributed by atoms with Crippen LogP contribution in [0.5, 0.6) is 11.5 Å². The highest BCUT2D eigenvalue weighted by atomic mass is 35.5. The molecular formula is C24H26Cl2F3N3O4. The molecule has 0 spiro atoms. The van der Waals surface area contributed by atoms with Gasteiger partial charge in [-0.15, -0.1) is 38.0 Å². The van der Waals surface area contributed by atoms with Gasteiger partial charge in [0, 0.05) is 24.7 Å². The molecule has 1 saturated heterocycles. The van der Waals surface area contributed by atoms with Gasteiger partial charge in [-0.1, -0.05) is 17.9 Å². The molecule has 1 atom stereocenters. The number of rotatable bonds is 4. The number of hydrogen-bond donors (Lipinski definition) is 2. The van der Waals surface area contributed by atoms with Crippen molar-refractivity contribution in [2.45, 2.75) is 19.4 Å². The van der Waals surface area contributed by atoms with Crippen molar-refractivity contribution in [2.75, 3.05) is 50.0 Å². The van der Waals surface area contributed by atoms with E-state index < -0.39 is 18.4 Å². The van der Waals surface area contributed by atoms with Crippen LogP contribution in [0, 0.1) is 18.8 Å². The molecule has 1 unspecified atom stereocenters. The highest BCUT2D eigenvalue weighted by Gasteiger charge is 2.32. The van der Waals surface area contributed by atoms with Gasteiger partial charge >= 0.3 is 6.36 Å². The zero-order valence-electron chi connectivity index (χ0n) is 19.3. The largest absolute Gasteiger partial charge is 0.573 e. The molecule has 4 rings (SSSR count). The average Bonchev–Trinajstić information content (AvgIpc) is 2.80. The summed E-state index contributed by atoms with van der Waals surface area (Å²) < 4.78 is 52.3. The predicted octanol–water partition coefficient (Wildman–Crippen LogP) is 4.23. The van der Waals surface area contributed by atoms with Crippen LogP contribution in [0.15, 0.2) is 36.4 Å². The second-order valence-electron chi connectivity index (χ2n) is 7.92. The van der Waals surface area contributed by atoms with Gasteiger partial charge in [-0.3, -0.25) is 9.69 Å². The Labute approximate surface area is 219 Å². The molecular weight excluding hydrogens is 522 g/mol. The van der Waals surface area contributed by atoms with Gasteiger partial charge in [-0.2, -0.15) is 0 Å². The van der Waals surface area contributed by atoms with E-state index in [1.165, 1.54) is 12.1 Å². The number of nitrogens with one attached hydrogen (secondary N) is 2. The maximum absolute atomic E-state index is 12.9. The molecule has 0 radical (unpaired) electrons. The Hall–Kier alpha value is -2.84. The number of hydrogen-bond acceptors (Lipinski definition) is 6. The van der Waals surface area contributed by atoms with Gasteiger partial charge in [0.1, 0.15) is 11.5 Å². The van der Waals surface area contributed by atoms with Crippen molar-refractivity contribution < 1.29 is 32.2 Å². The van der Waals surface area contributed by atoms with Crippen LogP contribution in [0.25, 0.3) is 0 Å². The second kappa shape index (κ2) is 12.9. The third kappa shape index (κ3) is 8.10. The first kappa shape index (κ1) is 29.4. The van der Waals surface area contributed by atoms with Crippen LogP contribution < -0.4 is 20.1 Å². The molecule has 2 aromatic carbocycles. The minimum Gasteiger partial charge on any atom is -0.477 e. The summed E-state index contributed by atoms with van der Waals surface area (Å²) in [7, 11) is 0. The predicted molar refractivity (Wildman–Crippen MR) is 134 cm³/mol. The molecule has 7 nitrogen and oxygen atoms in total. The fourth-order valence-electron chi connectivity index (χ4n) is 3.58. The highest BCUT2D eigenvalue weighted by Crippen LogP contribution is 2.35. The summed E-state index contributed by atoms with van der Waals surface area (Å²) in [6, 6.07) is 9.21. The molecule has 12 heteroatoms. The first-order chi connectivity index (χ1) is 16.3. The molecule has 1 amide bonds. The summed E-state index contributed by atoms with van der Waals surface area (Å²) in [6.45, 7) is 5.70. The fraction of sp³-hybridized carbons (Fsp3) is 0.375. The van der Waals surface area contributed by atoms with E-state index in [0.29, 0.717) is 36.7 Å². The topological polar surface area (TPSA) is 72.1 Å². The van der Waals surface area contributed by atoms with Crippen molar-refractivity contribution in [1.29, 1.82) is 0 Å². The Morgan fingerprint density at radius 3 is 2.67 bits per heavy atom. The standard InChI is InChI=1S/C24H24F3N3O4.2ClH/c1-16-4-6-19(17(13-16)3-2-8-30-9-11-32-12-10-30)29-23(31)22-15-28-20-14-18(34-24(25,26)27)5-7-21(20)33-22;;/h4-7,13-14,22,28H,8-12,15H2,1H3,(H,29,31);2*1H. The third-order valence-electron chi connectivity index (χ3n) is 5.29. The van der Waals surface area contributed by atoms with Crippen LogP contribution in [-0.4, -0.2) is 62.7 Å². The van der Waals surface area contributed by atoms with Gasteiger partial charge < -0.3 is 24.8 Å². The number of aryl methyl sites for hydroxylation is 1. The molecule has 2 heterocycles. The summed E-state index contributed by atoms with van der Waals surface area (Å²) in [5.74, 6) is 5.80. The summed E-state index contributed by atoms with van der Waals surface area (Å²) in [6.07, 6.45) is -5.67. The number of nitrogens with zero attached hydrogens (tertiary/aromatic N) is 1. The molecule has 0 aliphatic carbocycles. The molecule has 1 fully saturated rings. The SMILES string of the molecule is Cc1ccc(NC(=O)C2CNc3cc(OC(F)(F)F)ccc3O2)c(C#CCN2CCOCC2)c1.Cl.Cl. The number of anilines is 2. The van der Waals surface area contributed by atoms with Gasteiger partial charge in [0.05, 0.1) is 37.7 Å². The van der Waals surface area contributed by atoms with Crippen LogP contribution in [0.1, 0.15) is 11.1 Å². The Balaban J connectivity index is 0.00000228. The summed E-state index contributed by atoms with van der Waals surface area (Å²) >= 11 is 0. The van der Waals surface area contributed by atoms with Crippen LogP contribution >= 0.6 is 24.8 Å². The minimum absolute atomic E-state index is 0. The number of halogens is 5. The zero-order valence-corrected chi connectivity index (χ0v) is 20.9. The zero-order chi connectivity index (χ0) is 24.1. The smallest absolute Gasteiger partial charge is 0.477 e. The monoisotopic (exact) mass is 547 g/mol. The normalized spacial score (nSPS) is 16.9. The number of morpholine rings is 1. The quantitative estimate of drug-likeness (QED) is 0.558. The molecule has 2 aliphatic rings. The van der Waals surface area contributed by atoms with Gasteiger partial charge in [0.2, 0.25) is 0 Å². The van der Waals surface area contributed by atoms with Crippen molar-refractivity contribution in [2.24, 2.45) is 0 Å². The minimum atomic E-state index is -4.79. The van der Waals surface area contributed by atoms with E-state index in [1.54, 1.807) is 6.07 Å². The Morgan fingerprint density at radius 1 is 1.19 bits per heavy atom. The lowest BCUT2D eigenvalue weighted by molar-refractivity contribution is -0.274. The highest BCUT2D eigenvalue weighted by molar-refractivity contribution is 5.96. The van der Waals surface area contributed by atoms with Crippen molar-refractivity contribution in [3.05, 3.63) is 47.5 Å². The molecule has 0 saturated carbocycles.